The van der Waals surface area contributed by atoms with E-state index in [-0.39, 0.29) is 0 Å². The van der Waals surface area contributed by atoms with Gasteiger partial charge in [0.25, 0.3) is 0 Å². The molecule has 0 aliphatic rings. The smallest absolute Gasteiger partial charge is 0.372 e. The summed E-state index contributed by atoms with van der Waals surface area (Å²) in [4.78, 5) is 19.8. The van der Waals surface area contributed by atoms with Gasteiger partial charge in [0, 0.05) is 0 Å². The van der Waals surface area contributed by atoms with Gasteiger partial charge in [-0.2, -0.15) is 0 Å². The van der Waals surface area contributed by atoms with Crippen molar-refractivity contribution in [2.45, 2.75) is 0 Å². The lowest BCUT2D eigenvalue weighted by atomic mass is 10.4. The summed E-state index contributed by atoms with van der Waals surface area (Å²) in [5.41, 5.74) is -0.500. The van der Waals surface area contributed by atoms with Crippen molar-refractivity contribution >= 4 is 11.7 Å². The van der Waals surface area contributed by atoms with E-state index in [1.807, 2.05) is 0 Å². The SMILES string of the molecule is COc1oc(C(=O)O)cc1[N+](=O)[O-]. The number of hydrogen-bond donors (Lipinski definition) is 1. The number of ether oxygens (including phenoxy) is 1. The van der Waals surface area contributed by atoms with E-state index in [0.29, 0.717) is 0 Å². The highest BCUT2D eigenvalue weighted by molar-refractivity contribution is 5.85. The number of furan rings is 1. The van der Waals surface area contributed by atoms with Crippen molar-refractivity contribution in [2.24, 2.45) is 0 Å². The van der Waals surface area contributed by atoms with Gasteiger partial charge < -0.3 is 14.3 Å². The van der Waals surface area contributed by atoms with Crippen molar-refractivity contribution in [1.82, 2.24) is 0 Å². The zero-order valence-electron chi connectivity index (χ0n) is 6.51. The van der Waals surface area contributed by atoms with Gasteiger partial charge in [0.05, 0.1) is 18.1 Å². The highest BCUT2D eigenvalue weighted by atomic mass is 16.6. The second-order valence-corrected chi connectivity index (χ2v) is 2.05. The van der Waals surface area contributed by atoms with Crippen LogP contribution < -0.4 is 4.74 Å². The molecule has 0 bridgehead atoms. The largest absolute Gasteiger partial charge is 0.475 e. The minimum atomic E-state index is -1.38. The van der Waals surface area contributed by atoms with Crippen LogP contribution in [-0.4, -0.2) is 23.1 Å². The van der Waals surface area contributed by atoms with E-state index in [0.717, 1.165) is 13.2 Å². The first kappa shape index (κ1) is 9.04. The number of nitro groups is 1. The molecule has 0 unspecified atom stereocenters. The van der Waals surface area contributed by atoms with Gasteiger partial charge in [-0.25, -0.2) is 4.79 Å². The van der Waals surface area contributed by atoms with Gasteiger partial charge in [0.15, 0.2) is 0 Å². The Labute approximate surface area is 71.7 Å². The average molecular weight is 187 g/mol. The van der Waals surface area contributed by atoms with Crippen molar-refractivity contribution in [3.63, 3.8) is 0 Å². The molecule has 0 spiro atoms. The maximum absolute atomic E-state index is 10.3. The lowest BCUT2D eigenvalue weighted by Crippen LogP contribution is -1.92. The van der Waals surface area contributed by atoms with Gasteiger partial charge in [0.1, 0.15) is 0 Å². The van der Waals surface area contributed by atoms with Crippen LogP contribution in [-0.2, 0) is 0 Å². The van der Waals surface area contributed by atoms with E-state index in [1.54, 1.807) is 0 Å². The van der Waals surface area contributed by atoms with Crippen LogP contribution in [0, 0.1) is 10.1 Å². The minimum Gasteiger partial charge on any atom is -0.475 e. The van der Waals surface area contributed by atoms with Crippen LogP contribution in [0.25, 0.3) is 0 Å². The summed E-state index contributed by atoms with van der Waals surface area (Å²) in [6.07, 6.45) is 0. The molecule has 0 aromatic carbocycles. The van der Waals surface area contributed by atoms with Gasteiger partial charge in [0.2, 0.25) is 5.76 Å². The van der Waals surface area contributed by atoms with Crippen molar-refractivity contribution in [2.75, 3.05) is 7.11 Å². The summed E-state index contributed by atoms with van der Waals surface area (Å²) in [5, 5.41) is 18.7. The van der Waals surface area contributed by atoms with Crippen LogP contribution in [0.5, 0.6) is 5.95 Å². The standard InChI is InChI=1S/C6H5NO6/c1-12-6-3(7(10)11)2-4(13-6)5(8)9/h2H,1H3,(H,8,9). The molecule has 0 amide bonds. The van der Waals surface area contributed by atoms with Crippen LogP contribution >= 0.6 is 0 Å². The van der Waals surface area contributed by atoms with E-state index in [1.165, 1.54) is 0 Å². The van der Waals surface area contributed by atoms with Gasteiger partial charge in [-0.3, -0.25) is 10.1 Å². The summed E-state index contributed by atoms with van der Waals surface area (Å²) >= 11 is 0. The van der Waals surface area contributed by atoms with Crippen LogP contribution in [0.4, 0.5) is 5.69 Å². The van der Waals surface area contributed by atoms with E-state index in [4.69, 9.17) is 5.11 Å². The lowest BCUT2D eigenvalue weighted by Gasteiger charge is -1.90. The number of carboxylic acid groups (broad SMARTS) is 1. The van der Waals surface area contributed by atoms with E-state index in [2.05, 4.69) is 9.15 Å². The number of hydrogen-bond acceptors (Lipinski definition) is 5. The third-order valence-corrected chi connectivity index (χ3v) is 1.27. The van der Waals surface area contributed by atoms with Crippen molar-refractivity contribution < 1.29 is 24.0 Å². The maximum atomic E-state index is 10.3. The topological polar surface area (TPSA) is 103 Å². The Balaban J connectivity index is 3.19. The average Bonchev–Trinajstić information content (AvgIpc) is 2.47. The van der Waals surface area contributed by atoms with Crippen LogP contribution in [0.1, 0.15) is 10.6 Å². The molecular weight excluding hydrogens is 182 g/mol. The van der Waals surface area contributed by atoms with E-state index in [9.17, 15) is 14.9 Å². The first-order valence-electron chi connectivity index (χ1n) is 3.11. The summed E-state index contributed by atoms with van der Waals surface area (Å²) in [7, 11) is 1.15. The first-order chi connectivity index (χ1) is 6.06. The molecule has 0 saturated carbocycles. The molecule has 7 heteroatoms. The number of aromatic carboxylic acids is 1. The molecule has 1 heterocycles. The molecule has 1 N–H and O–H groups in total. The molecular formula is C6H5NO6. The van der Waals surface area contributed by atoms with Gasteiger partial charge in [-0.1, -0.05) is 0 Å². The second-order valence-electron chi connectivity index (χ2n) is 2.05. The monoisotopic (exact) mass is 187 g/mol. The third kappa shape index (κ3) is 1.58. The maximum Gasteiger partial charge on any atom is 0.372 e. The van der Waals surface area contributed by atoms with Crippen LogP contribution in [0.2, 0.25) is 0 Å². The van der Waals surface area contributed by atoms with E-state index < -0.39 is 28.3 Å². The van der Waals surface area contributed by atoms with Gasteiger partial charge in [-0.05, 0) is 0 Å². The summed E-state index contributed by atoms with van der Waals surface area (Å²) < 4.78 is 8.99. The Morgan fingerprint density at radius 3 is 2.69 bits per heavy atom. The summed E-state index contributed by atoms with van der Waals surface area (Å²) in [5.74, 6) is -2.32. The molecule has 0 fully saturated rings. The molecule has 0 aliphatic carbocycles. The number of nitrogens with zero attached hydrogens (tertiary/aromatic N) is 1. The molecule has 1 rings (SSSR count). The fourth-order valence-electron chi connectivity index (χ4n) is 0.744. The molecule has 1 aromatic heterocycles. The zero-order valence-corrected chi connectivity index (χ0v) is 6.51. The fraction of sp³-hybridized carbons (Fsp3) is 0.167. The normalized spacial score (nSPS) is 9.62. The quantitative estimate of drug-likeness (QED) is 0.556. The Kier molecular flexibility index (Phi) is 2.18. The van der Waals surface area contributed by atoms with Gasteiger partial charge >= 0.3 is 17.6 Å². The van der Waals surface area contributed by atoms with Gasteiger partial charge in [-0.15, -0.1) is 0 Å². The Morgan fingerprint density at radius 2 is 2.38 bits per heavy atom. The van der Waals surface area contributed by atoms with Crippen molar-refractivity contribution in [3.05, 3.63) is 21.9 Å². The van der Waals surface area contributed by atoms with E-state index >= 15 is 0 Å². The predicted octanol–water partition coefficient (Wildman–Crippen LogP) is 0.895. The highest BCUT2D eigenvalue weighted by Crippen LogP contribution is 2.30. The number of carboxylic acids is 1. The number of methoxy groups -OCH3 is 1. The number of rotatable bonds is 3. The Morgan fingerprint density at radius 1 is 1.77 bits per heavy atom. The Hall–Kier alpha value is -2.05. The lowest BCUT2D eigenvalue weighted by molar-refractivity contribution is -0.386. The number of carbonyl (C=O) groups is 1. The zero-order chi connectivity index (χ0) is 10.0. The third-order valence-electron chi connectivity index (χ3n) is 1.27. The van der Waals surface area contributed by atoms with Crippen molar-refractivity contribution in [3.8, 4) is 5.95 Å². The summed E-state index contributed by atoms with van der Waals surface area (Å²) in [6, 6.07) is 0.793. The predicted molar refractivity (Wildman–Crippen MR) is 38.9 cm³/mol. The fourth-order valence-corrected chi connectivity index (χ4v) is 0.744. The molecule has 1 aromatic rings. The molecule has 70 valence electrons. The van der Waals surface area contributed by atoms with Crippen molar-refractivity contribution in [1.29, 1.82) is 0 Å². The Bertz CT molecular complexity index is 354. The first-order valence-corrected chi connectivity index (χ1v) is 3.11. The second kappa shape index (κ2) is 3.13. The molecule has 13 heavy (non-hydrogen) atoms. The summed E-state index contributed by atoms with van der Waals surface area (Å²) in [6.45, 7) is 0. The molecule has 0 radical (unpaired) electrons. The molecule has 7 nitrogen and oxygen atoms in total. The minimum absolute atomic E-state index is 0.414. The molecule has 0 aliphatic heterocycles. The van der Waals surface area contributed by atoms with Crippen LogP contribution in [0.15, 0.2) is 10.5 Å². The molecule has 0 atom stereocenters. The van der Waals surface area contributed by atoms with Crippen LogP contribution in [0.3, 0.4) is 0 Å². The highest BCUT2D eigenvalue weighted by Gasteiger charge is 2.24. The molecule has 0 saturated heterocycles.